The summed E-state index contributed by atoms with van der Waals surface area (Å²) >= 11 is 0. The monoisotopic (exact) mass is 393 g/mol. The van der Waals surface area contributed by atoms with E-state index in [-0.39, 0.29) is 46.7 Å². The molecule has 27 heavy (non-hydrogen) atoms. The van der Waals surface area contributed by atoms with Gasteiger partial charge in [0.2, 0.25) is 0 Å². The lowest BCUT2D eigenvalue weighted by molar-refractivity contribution is 0.0680. The van der Waals surface area contributed by atoms with Crippen LogP contribution in [0, 0.1) is 5.41 Å². The number of hydrogen-bond acceptors (Lipinski definition) is 4. The molecular weight excluding hydrogens is 366 g/mol. The molecule has 1 amide bonds. The standard InChI is InChI=1S/C20H27N3O3.ClH/c1-20(2)9-16-14(17(24)10-20)8-15(18(25)22-16)19(26)23(3)13-6-11-4-5-12(7-13)21-11;/h8,11-13,21H,4-7,9-10H2,1-3H3,(H,22,25);1H. The van der Waals surface area contributed by atoms with Gasteiger partial charge < -0.3 is 15.2 Å². The molecular formula is C20H28ClN3O3. The number of aromatic nitrogens is 1. The molecule has 0 saturated carbocycles. The minimum atomic E-state index is -0.386. The number of carbonyl (C=O) groups excluding carboxylic acids is 2. The molecule has 0 aromatic carbocycles. The normalized spacial score (nSPS) is 28.3. The Morgan fingerprint density at radius 1 is 1.15 bits per heavy atom. The minimum Gasteiger partial charge on any atom is -0.338 e. The van der Waals surface area contributed by atoms with Gasteiger partial charge in [-0.05, 0) is 43.6 Å². The Kier molecular flexibility index (Phi) is 5.25. The first kappa shape index (κ1) is 20.1. The number of ketones is 1. The van der Waals surface area contributed by atoms with E-state index in [2.05, 4.69) is 10.3 Å². The third kappa shape index (κ3) is 3.69. The number of Topliss-reactive ketones (excluding diaryl/α,β-unsaturated/α-hetero) is 1. The highest BCUT2D eigenvalue weighted by Gasteiger charge is 2.38. The van der Waals surface area contributed by atoms with Crippen LogP contribution < -0.4 is 10.9 Å². The fourth-order valence-electron chi connectivity index (χ4n) is 4.89. The second-order valence-corrected chi connectivity index (χ2v) is 9.02. The minimum absolute atomic E-state index is 0. The number of amides is 1. The van der Waals surface area contributed by atoms with Crippen LogP contribution >= 0.6 is 12.4 Å². The lowest BCUT2D eigenvalue weighted by Crippen LogP contribution is -2.49. The average molecular weight is 394 g/mol. The van der Waals surface area contributed by atoms with Crippen molar-refractivity contribution in [3.63, 3.8) is 0 Å². The highest BCUT2D eigenvalue weighted by Crippen LogP contribution is 2.34. The molecule has 148 valence electrons. The number of fused-ring (bicyclic) bond motifs is 3. The van der Waals surface area contributed by atoms with E-state index in [1.807, 2.05) is 13.8 Å². The summed E-state index contributed by atoms with van der Waals surface area (Å²) in [4.78, 5) is 42.6. The molecule has 1 aliphatic carbocycles. The molecule has 4 rings (SSSR count). The summed E-state index contributed by atoms with van der Waals surface area (Å²) in [5.74, 6) is -0.276. The van der Waals surface area contributed by atoms with Crippen molar-refractivity contribution < 1.29 is 9.59 Å². The Morgan fingerprint density at radius 2 is 1.78 bits per heavy atom. The van der Waals surface area contributed by atoms with Crippen molar-refractivity contribution in [2.75, 3.05) is 7.05 Å². The molecule has 2 fully saturated rings. The molecule has 6 nitrogen and oxygen atoms in total. The van der Waals surface area contributed by atoms with Gasteiger partial charge >= 0.3 is 0 Å². The van der Waals surface area contributed by atoms with Crippen molar-refractivity contribution in [1.29, 1.82) is 0 Å². The van der Waals surface area contributed by atoms with Crippen LogP contribution in [0.4, 0.5) is 0 Å². The molecule has 3 heterocycles. The molecule has 2 atom stereocenters. The Morgan fingerprint density at radius 3 is 2.41 bits per heavy atom. The number of nitrogens with one attached hydrogen (secondary N) is 2. The van der Waals surface area contributed by atoms with Gasteiger partial charge in [-0.1, -0.05) is 13.8 Å². The molecule has 1 aromatic rings. The van der Waals surface area contributed by atoms with Crippen LogP contribution in [-0.4, -0.2) is 46.7 Å². The molecule has 3 aliphatic rings. The largest absolute Gasteiger partial charge is 0.338 e. The smallest absolute Gasteiger partial charge is 0.261 e. The SMILES string of the molecule is CN(C(=O)c1cc2c([nH]c1=O)CC(C)(C)CC2=O)C1CC2CCC(C1)N2.Cl. The fraction of sp³-hybridized carbons (Fsp3) is 0.650. The van der Waals surface area contributed by atoms with Crippen LogP contribution in [0.25, 0.3) is 0 Å². The molecule has 2 aliphatic heterocycles. The van der Waals surface area contributed by atoms with E-state index < -0.39 is 0 Å². The molecule has 2 bridgehead atoms. The van der Waals surface area contributed by atoms with Crippen molar-refractivity contribution >= 4 is 24.1 Å². The number of halogens is 1. The van der Waals surface area contributed by atoms with Gasteiger partial charge in [0.25, 0.3) is 11.5 Å². The number of piperidine rings is 1. The maximum atomic E-state index is 13.0. The lowest BCUT2D eigenvalue weighted by atomic mass is 9.75. The number of hydrogen-bond donors (Lipinski definition) is 2. The van der Waals surface area contributed by atoms with Gasteiger partial charge in [-0.3, -0.25) is 14.4 Å². The summed E-state index contributed by atoms with van der Waals surface area (Å²) in [6.07, 6.45) is 5.25. The van der Waals surface area contributed by atoms with E-state index in [9.17, 15) is 14.4 Å². The van der Waals surface area contributed by atoms with E-state index in [0.717, 1.165) is 25.7 Å². The molecule has 2 N–H and O–H groups in total. The Bertz CT molecular complexity index is 820. The molecule has 1 aromatic heterocycles. The lowest BCUT2D eigenvalue weighted by Gasteiger charge is -2.35. The van der Waals surface area contributed by atoms with E-state index in [1.165, 1.54) is 6.07 Å². The van der Waals surface area contributed by atoms with Gasteiger partial charge in [0.05, 0.1) is 0 Å². The quantitative estimate of drug-likeness (QED) is 0.807. The second kappa shape index (κ2) is 7.06. The fourth-order valence-corrected chi connectivity index (χ4v) is 4.89. The van der Waals surface area contributed by atoms with Crippen LogP contribution in [0.3, 0.4) is 0 Å². The molecule has 7 heteroatoms. The van der Waals surface area contributed by atoms with Crippen LogP contribution in [0.1, 0.15) is 72.4 Å². The summed E-state index contributed by atoms with van der Waals surface area (Å²) < 4.78 is 0. The Labute approximate surface area is 165 Å². The zero-order valence-electron chi connectivity index (χ0n) is 16.1. The third-order valence-electron chi connectivity index (χ3n) is 6.26. The summed E-state index contributed by atoms with van der Waals surface area (Å²) in [6.45, 7) is 4.04. The van der Waals surface area contributed by atoms with Gasteiger partial charge in [0.1, 0.15) is 5.56 Å². The molecule has 0 radical (unpaired) electrons. The van der Waals surface area contributed by atoms with Crippen LogP contribution in [0.15, 0.2) is 10.9 Å². The van der Waals surface area contributed by atoms with Gasteiger partial charge in [-0.25, -0.2) is 0 Å². The van der Waals surface area contributed by atoms with E-state index >= 15 is 0 Å². The summed E-state index contributed by atoms with van der Waals surface area (Å²) in [5, 5.41) is 3.57. The van der Waals surface area contributed by atoms with Crippen molar-refractivity contribution in [2.45, 2.75) is 70.5 Å². The van der Waals surface area contributed by atoms with Crippen molar-refractivity contribution in [2.24, 2.45) is 5.41 Å². The highest BCUT2D eigenvalue weighted by molar-refractivity contribution is 6.02. The predicted molar refractivity (Wildman–Crippen MR) is 106 cm³/mol. The van der Waals surface area contributed by atoms with Gasteiger partial charge in [0, 0.05) is 42.9 Å². The summed E-state index contributed by atoms with van der Waals surface area (Å²) in [6, 6.07) is 2.62. The number of pyridine rings is 1. The first-order valence-corrected chi connectivity index (χ1v) is 9.56. The maximum Gasteiger partial charge on any atom is 0.261 e. The second-order valence-electron chi connectivity index (χ2n) is 9.02. The van der Waals surface area contributed by atoms with E-state index in [4.69, 9.17) is 0 Å². The van der Waals surface area contributed by atoms with Gasteiger partial charge in [-0.2, -0.15) is 0 Å². The average Bonchev–Trinajstić information content (AvgIpc) is 2.90. The van der Waals surface area contributed by atoms with Crippen molar-refractivity contribution in [3.8, 4) is 0 Å². The van der Waals surface area contributed by atoms with E-state index in [1.54, 1.807) is 11.9 Å². The first-order chi connectivity index (χ1) is 12.2. The molecule has 2 unspecified atom stereocenters. The Balaban J connectivity index is 0.00000210. The highest BCUT2D eigenvalue weighted by atomic mass is 35.5. The first-order valence-electron chi connectivity index (χ1n) is 9.56. The number of carbonyl (C=O) groups is 2. The van der Waals surface area contributed by atoms with Crippen molar-refractivity contribution in [3.05, 3.63) is 33.2 Å². The number of nitrogens with zero attached hydrogens (tertiary/aromatic N) is 1. The van der Waals surface area contributed by atoms with Crippen LogP contribution in [0.5, 0.6) is 0 Å². The van der Waals surface area contributed by atoms with Crippen LogP contribution in [0.2, 0.25) is 0 Å². The maximum absolute atomic E-state index is 13.0. The topological polar surface area (TPSA) is 82.3 Å². The van der Waals surface area contributed by atoms with E-state index in [0.29, 0.717) is 36.2 Å². The zero-order valence-corrected chi connectivity index (χ0v) is 16.9. The zero-order chi connectivity index (χ0) is 18.6. The summed E-state index contributed by atoms with van der Waals surface area (Å²) in [7, 11) is 1.78. The Hall–Kier alpha value is -1.66. The van der Waals surface area contributed by atoms with Gasteiger partial charge in [0.15, 0.2) is 5.78 Å². The third-order valence-corrected chi connectivity index (χ3v) is 6.26. The van der Waals surface area contributed by atoms with Gasteiger partial charge in [-0.15, -0.1) is 12.4 Å². The van der Waals surface area contributed by atoms with Crippen molar-refractivity contribution in [1.82, 2.24) is 15.2 Å². The molecule has 0 spiro atoms. The predicted octanol–water partition coefficient (Wildman–Crippen LogP) is 2.31. The number of rotatable bonds is 2. The summed E-state index contributed by atoms with van der Waals surface area (Å²) in [5.41, 5.74) is 0.707. The number of H-pyrrole nitrogens is 1. The van der Waals surface area contributed by atoms with Crippen LogP contribution in [-0.2, 0) is 6.42 Å². The molecule has 2 saturated heterocycles. The number of aromatic amines is 1.